The Morgan fingerprint density at radius 1 is 1.35 bits per heavy atom. The van der Waals surface area contributed by atoms with Gasteiger partial charge in [0.05, 0.1) is 0 Å². The van der Waals surface area contributed by atoms with Crippen molar-refractivity contribution in [3.8, 4) is 0 Å². The molecule has 1 amide bonds. The number of hydrogen-bond donors (Lipinski definition) is 1. The van der Waals surface area contributed by atoms with E-state index >= 15 is 0 Å². The van der Waals surface area contributed by atoms with Gasteiger partial charge in [-0.3, -0.25) is 4.79 Å². The van der Waals surface area contributed by atoms with E-state index in [0.717, 1.165) is 15.7 Å². The summed E-state index contributed by atoms with van der Waals surface area (Å²) in [6.07, 6.45) is 3.70. The lowest BCUT2D eigenvalue weighted by Crippen LogP contribution is -2.30. The van der Waals surface area contributed by atoms with Crippen LogP contribution in [0, 0.1) is 9.49 Å². The maximum atomic E-state index is 11.9. The highest BCUT2D eigenvalue weighted by Crippen LogP contribution is 2.30. The highest BCUT2D eigenvalue weighted by Gasteiger charge is 2.25. The van der Waals surface area contributed by atoms with Gasteiger partial charge in [-0.1, -0.05) is 22.4 Å². The molecule has 1 saturated carbocycles. The summed E-state index contributed by atoms with van der Waals surface area (Å²) in [7, 11) is 0. The van der Waals surface area contributed by atoms with Crippen molar-refractivity contribution >= 4 is 44.4 Å². The van der Waals surface area contributed by atoms with Gasteiger partial charge in [-0.2, -0.15) is 0 Å². The molecule has 0 aliphatic heterocycles. The molecule has 92 valence electrons. The molecule has 0 aromatic heterocycles. The summed E-state index contributed by atoms with van der Waals surface area (Å²) in [4.78, 5) is 12.5. The molecular weight excluding hydrogens is 393 g/mol. The zero-order valence-corrected chi connectivity index (χ0v) is 13.2. The quantitative estimate of drug-likeness (QED) is 0.602. The standard InChI is InChI=1S/C13H15BrINO/c14-12-3-1-2-10(12)8-16-13(17)9-4-6-11(15)7-5-9/h4-7,10,12H,1-3,8H2,(H,16,17). The van der Waals surface area contributed by atoms with Gasteiger partial charge in [-0.15, -0.1) is 0 Å². The Balaban J connectivity index is 1.87. The van der Waals surface area contributed by atoms with Gasteiger partial charge < -0.3 is 5.32 Å². The molecule has 17 heavy (non-hydrogen) atoms. The maximum Gasteiger partial charge on any atom is 0.251 e. The minimum Gasteiger partial charge on any atom is -0.352 e. The molecule has 1 fully saturated rings. The molecule has 0 radical (unpaired) electrons. The molecule has 0 spiro atoms. The Labute approximate surface area is 124 Å². The molecule has 0 heterocycles. The van der Waals surface area contributed by atoms with Crippen molar-refractivity contribution in [3.63, 3.8) is 0 Å². The lowest BCUT2D eigenvalue weighted by atomic mass is 10.1. The first-order valence-electron chi connectivity index (χ1n) is 5.84. The molecule has 0 saturated heterocycles. The van der Waals surface area contributed by atoms with Crippen LogP contribution in [-0.2, 0) is 0 Å². The van der Waals surface area contributed by atoms with E-state index in [4.69, 9.17) is 0 Å². The van der Waals surface area contributed by atoms with Gasteiger partial charge in [0, 0.05) is 20.5 Å². The number of carbonyl (C=O) groups excluding carboxylic acids is 1. The molecule has 2 rings (SSSR count). The van der Waals surface area contributed by atoms with Gasteiger partial charge in [-0.05, 0) is 65.6 Å². The topological polar surface area (TPSA) is 29.1 Å². The predicted molar refractivity (Wildman–Crippen MR) is 81.5 cm³/mol. The number of nitrogens with one attached hydrogen (secondary N) is 1. The number of halogens is 2. The van der Waals surface area contributed by atoms with Crippen molar-refractivity contribution in [2.45, 2.75) is 24.1 Å². The van der Waals surface area contributed by atoms with Crippen molar-refractivity contribution in [1.82, 2.24) is 5.32 Å². The van der Waals surface area contributed by atoms with E-state index in [1.807, 2.05) is 24.3 Å². The van der Waals surface area contributed by atoms with Crippen molar-refractivity contribution < 1.29 is 4.79 Å². The second-order valence-corrected chi connectivity index (χ2v) is 6.85. The van der Waals surface area contributed by atoms with E-state index < -0.39 is 0 Å². The molecule has 1 N–H and O–H groups in total. The van der Waals surface area contributed by atoms with Crippen LogP contribution in [0.1, 0.15) is 29.6 Å². The van der Waals surface area contributed by atoms with E-state index in [9.17, 15) is 4.79 Å². The van der Waals surface area contributed by atoms with Gasteiger partial charge in [-0.25, -0.2) is 0 Å². The van der Waals surface area contributed by atoms with Crippen LogP contribution in [0.3, 0.4) is 0 Å². The molecule has 2 atom stereocenters. The minimum absolute atomic E-state index is 0.0352. The number of benzene rings is 1. The first kappa shape index (κ1) is 13.3. The van der Waals surface area contributed by atoms with Gasteiger partial charge in [0.1, 0.15) is 0 Å². The summed E-state index contributed by atoms with van der Waals surface area (Å²) in [5, 5.41) is 3.02. The van der Waals surface area contributed by atoms with Crippen molar-refractivity contribution in [1.29, 1.82) is 0 Å². The lowest BCUT2D eigenvalue weighted by molar-refractivity contribution is 0.0948. The van der Waals surface area contributed by atoms with E-state index in [2.05, 4.69) is 43.8 Å². The number of rotatable bonds is 3. The van der Waals surface area contributed by atoms with E-state index in [1.165, 1.54) is 19.3 Å². The molecule has 2 unspecified atom stereocenters. The van der Waals surface area contributed by atoms with Crippen LogP contribution in [0.5, 0.6) is 0 Å². The van der Waals surface area contributed by atoms with E-state index in [1.54, 1.807) is 0 Å². The average molecular weight is 408 g/mol. The smallest absolute Gasteiger partial charge is 0.251 e. The monoisotopic (exact) mass is 407 g/mol. The fourth-order valence-corrected chi connectivity index (χ4v) is 3.28. The van der Waals surface area contributed by atoms with Crippen LogP contribution in [0.25, 0.3) is 0 Å². The predicted octanol–water partition coefficient (Wildman–Crippen LogP) is 3.58. The summed E-state index contributed by atoms with van der Waals surface area (Å²) < 4.78 is 1.15. The molecule has 1 aromatic rings. The number of hydrogen-bond acceptors (Lipinski definition) is 1. The Hall–Kier alpha value is -0.100. The molecule has 4 heteroatoms. The van der Waals surface area contributed by atoms with Crippen molar-refractivity contribution in [3.05, 3.63) is 33.4 Å². The van der Waals surface area contributed by atoms with Crippen LogP contribution in [0.15, 0.2) is 24.3 Å². The first-order valence-corrected chi connectivity index (χ1v) is 7.84. The zero-order valence-electron chi connectivity index (χ0n) is 9.46. The second-order valence-electron chi connectivity index (χ2n) is 4.42. The Kier molecular flexibility index (Phi) is 4.85. The van der Waals surface area contributed by atoms with Gasteiger partial charge >= 0.3 is 0 Å². The largest absolute Gasteiger partial charge is 0.352 e. The minimum atomic E-state index is 0.0352. The fourth-order valence-electron chi connectivity index (χ4n) is 2.15. The van der Waals surface area contributed by atoms with Gasteiger partial charge in [0.15, 0.2) is 0 Å². The van der Waals surface area contributed by atoms with Crippen LogP contribution >= 0.6 is 38.5 Å². The molecule has 1 aromatic carbocycles. The highest BCUT2D eigenvalue weighted by molar-refractivity contribution is 14.1. The normalized spacial score (nSPS) is 23.6. The van der Waals surface area contributed by atoms with Crippen LogP contribution in [0.4, 0.5) is 0 Å². The van der Waals surface area contributed by atoms with E-state index in [0.29, 0.717) is 10.7 Å². The molecule has 0 bridgehead atoms. The average Bonchev–Trinajstić information content (AvgIpc) is 2.73. The maximum absolute atomic E-state index is 11.9. The molecule has 2 nitrogen and oxygen atoms in total. The fraction of sp³-hybridized carbons (Fsp3) is 0.462. The summed E-state index contributed by atoms with van der Waals surface area (Å²) >= 11 is 5.91. The van der Waals surface area contributed by atoms with Crippen LogP contribution in [-0.4, -0.2) is 17.3 Å². The van der Waals surface area contributed by atoms with Crippen molar-refractivity contribution in [2.75, 3.05) is 6.54 Å². The Bertz CT molecular complexity index is 393. The van der Waals surface area contributed by atoms with Gasteiger partial charge in [0.25, 0.3) is 5.91 Å². The third-order valence-corrected chi connectivity index (χ3v) is 5.12. The number of carbonyl (C=O) groups is 1. The van der Waals surface area contributed by atoms with Crippen LogP contribution in [0.2, 0.25) is 0 Å². The highest BCUT2D eigenvalue weighted by atomic mass is 127. The van der Waals surface area contributed by atoms with Gasteiger partial charge in [0.2, 0.25) is 0 Å². The molecule has 1 aliphatic rings. The van der Waals surface area contributed by atoms with Crippen molar-refractivity contribution in [2.24, 2.45) is 5.92 Å². The number of amides is 1. The summed E-state index contributed by atoms with van der Waals surface area (Å²) in [6.45, 7) is 0.779. The Morgan fingerprint density at radius 2 is 2.06 bits per heavy atom. The molecule has 1 aliphatic carbocycles. The lowest BCUT2D eigenvalue weighted by Gasteiger charge is -2.14. The van der Waals surface area contributed by atoms with E-state index in [-0.39, 0.29) is 5.91 Å². The third-order valence-electron chi connectivity index (χ3n) is 3.20. The summed E-state index contributed by atoms with van der Waals surface area (Å²) in [5.41, 5.74) is 0.745. The summed E-state index contributed by atoms with van der Waals surface area (Å²) in [5.74, 6) is 0.621. The number of alkyl halides is 1. The molecular formula is C13H15BrINO. The SMILES string of the molecule is O=C(NCC1CCCC1Br)c1ccc(I)cc1. The van der Waals surface area contributed by atoms with Crippen LogP contribution < -0.4 is 5.32 Å². The summed E-state index contributed by atoms with van der Waals surface area (Å²) in [6, 6.07) is 7.66. The third kappa shape index (κ3) is 3.68. The second kappa shape index (κ2) is 6.18. The zero-order chi connectivity index (χ0) is 12.3. The Morgan fingerprint density at radius 3 is 2.65 bits per heavy atom. The first-order chi connectivity index (χ1) is 8.16.